The number of ether oxygens (including phenoxy) is 1. The van der Waals surface area contributed by atoms with Crippen LogP contribution in [0.25, 0.3) is 0 Å². The van der Waals surface area contributed by atoms with E-state index in [-0.39, 0.29) is 0 Å². The van der Waals surface area contributed by atoms with Gasteiger partial charge in [-0.3, -0.25) is 0 Å². The molecule has 1 atom stereocenters. The molecule has 1 unspecified atom stereocenters. The van der Waals surface area contributed by atoms with Crippen LogP contribution in [0.3, 0.4) is 0 Å². The summed E-state index contributed by atoms with van der Waals surface area (Å²) in [5.41, 5.74) is 3.18. The highest BCUT2D eigenvalue weighted by atomic mass is 32.2. The summed E-state index contributed by atoms with van der Waals surface area (Å²) in [5.74, 6) is 2.53. The van der Waals surface area contributed by atoms with Gasteiger partial charge in [0, 0.05) is 11.3 Å². The van der Waals surface area contributed by atoms with Gasteiger partial charge in [-0.1, -0.05) is 13.0 Å². The first-order valence-electron chi connectivity index (χ1n) is 5.51. The van der Waals surface area contributed by atoms with Gasteiger partial charge in [-0.2, -0.15) is 11.8 Å². The van der Waals surface area contributed by atoms with E-state index >= 15 is 0 Å². The highest BCUT2D eigenvalue weighted by Crippen LogP contribution is 2.31. The molecular weight excluding hydrogens is 220 g/mol. The number of hydrogen-bond acceptors (Lipinski definition) is 3. The van der Waals surface area contributed by atoms with E-state index in [2.05, 4.69) is 13.0 Å². The summed E-state index contributed by atoms with van der Waals surface area (Å²) < 4.78 is 5.34. The molecule has 1 N–H and O–H groups in total. The second kappa shape index (κ2) is 6.16. The number of methoxy groups -OCH3 is 1. The molecule has 0 fully saturated rings. The van der Waals surface area contributed by atoms with Gasteiger partial charge in [0.25, 0.3) is 0 Å². The monoisotopic (exact) mass is 240 g/mol. The van der Waals surface area contributed by atoms with Crippen LogP contribution in [0.4, 0.5) is 0 Å². The summed E-state index contributed by atoms with van der Waals surface area (Å²) in [6, 6.07) is 4.06. The largest absolute Gasteiger partial charge is 0.496 e. The summed E-state index contributed by atoms with van der Waals surface area (Å²) in [5, 5.41) is 10.1. The van der Waals surface area contributed by atoms with Crippen LogP contribution in [0.2, 0.25) is 0 Å². The highest BCUT2D eigenvalue weighted by molar-refractivity contribution is 7.99. The molecule has 1 rings (SSSR count). The van der Waals surface area contributed by atoms with Crippen molar-refractivity contribution in [1.29, 1.82) is 0 Å². The summed E-state index contributed by atoms with van der Waals surface area (Å²) >= 11 is 1.74. The van der Waals surface area contributed by atoms with Crippen molar-refractivity contribution in [2.45, 2.75) is 26.9 Å². The smallest absolute Gasteiger partial charge is 0.125 e. The average Bonchev–Trinajstić information content (AvgIpc) is 2.24. The van der Waals surface area contributed by atoms with Crippen molar-refractivity contribution in [2.24, 2.45) is 0 Å². The molecule has 0 spiro atoms. The quantitative estimate of drug-likeness (QED) is 0.857. The van der Waals surface area contributed by atoms with Gasteiger partial charge in [0.05, 0.1) is 13.2 Å². The van der Waals surface area contributed by atoms with Crippen LogP contribution in [0.5, 0.6) is 5.75 Å². The predicted octanol–water partition coefficient (Wildman–Crippen LogP) is 3.10. The predicted molar refractivity (Wildman–Crippen MR) is 70.4 cm³/mol. The van der Waals surface area contributed by atoms with Crippen molar-refractivity contribution in [2.75, 3.05) is 18.6 Å². The van der Waals surface area contributed by atoms with E-state index < -0.39 is 6.10 Å². The van der Waals surface area contributed by atoms with Gasteiger partial charge in [0.2, 0.25) is 0 Å². The molecule has 0 saturated carbocycles. The van der Waals surface area contributed by atoms with Gasteiger partial charge in [0.1, 0.15) is 5.75 Å². The third-order valence-corrected chi connectivity index (χ3v) is 3.49. The lowest BCUT2D eigenvalue weighted by atomic mass is 10.0. The fourth-order valence-corrected chi connectivity index (χ4v) is 2.47. The Morgan fingerprint density at radius 2 is 2.06 bits per heavy atom. The number of thioether (sulfide) groups is 1. The van der Waals surface area contributed by atoms with Crippen LogP contribution in [0, 0.1) is 13.8 Å². The maximum Gasteiger partial charge on any atom is 0.125 e. The molecule has 2 nitrogen and oxygen atoms in total. The van der Waals surface area contributed by atoms with Crippen LogP contribution in [-0.2, 0) is 0 Å². The molecule has 0 bridgehead atoms. The lowest BCUT2D eigenvalue weighted by molar-refractivity contribution is 0.198. The molecule has 0 aliphatic heterocycles. The lowest BCUT2D eigenvalue weighted by Gasteiger charge is -2.17. The molecule has 16 heavy (non-hydrogen) atoms. The number of rotatable bonds is 5. The first-order valence-corrected chi connectivity index (χ1v) is 6.66. The van der Waals surface area contributed by atoms with Crippen LogP contribution in [-0.4, -0.2) is 23.7 Å². The maximum absolute atomic E-state index is 10.1. The highest BCUT2D eigenvalue weighted by Gasteiger charge is 2.16. The van der Waals surface area contributed by atoms with E-state index in [1.807, 2.05) is 19.9 Å². The Balaban J connectivity index is 3.01. The fourth-order valence-electron chi connectivity index (χ4n) is 1.85. The fraction of sp³-hybridized carbons (Fsp3) is 0.538. The van der Waals surface area contributed by atoms with E-state index in [1.165, 1.54) is 0 Å². The molecule has 0 aliphatic rings. The molecule has 0 amide bonds. The number of aryl methyl sites for hydroxylation is 2. The Hall–Kier alpha value is -0.670. The molecular formula is C13H20O2S. The molecule has 1 aromatic rings. The van der Waals surface area contributed by atoms with Crippen LogP contribution < -0.4 is 4.74 Å². The van der Waals surface area contributed by atoms with Gasteiger partial charge < -0.3 is 9.84 Å². The molecule has 3 heteroatoms. The van der Waals surface area contributed by atoms with Crippen molar-refractivity contribution < 1.29 is 9.84 Å². The number of benzene rings is 1. The minimum absolute atomic E-state index is 0.444. The van der Waals surface area contributed by atoms with E-state index in [9.17, 15) is 5.11 Å². The first-order chi connectivity index (χ1) is 7.60. The van der Waals surface area contributed by atoms with Crippen molar-refractivity contribution in [3.8, 4) is 5.75 Å². The molecule has 0 heterocycles. The van der Waals surface area contributed by atoms with Crippen LogP contribution in [0.1, 0.15) is 29.7 Å². The molecule has 0 radical (unpaired) electrons. The van der Waals surface area contributed by atoms with Crippen molar-refractivity contribution in [1.82, 2.24) is 0 Å². The Labute approximate surface area is 102 Å². The Morgan fingerprint density at radius 1 is 1.38 bits per heavy atom. The third-order valence-electron chi connectivity index (χ3n) is 2.53. The summed E-state index contributed by atoms with van der Waals surface area (Å²) in [7, 11) is 1.65. The molecule has 0 aromatic heterocycles. The second-order valence-electron chi connectivity index (χ2n) is 3.87. The van der Waals surface area contributed by atoms with Gasteiger partial charge in [-0.15, -0.1) is 0 Å². The van der Waals surface area contributed by atoms with E-state index in [0.717, 1.165) is 33.9 Å². The Kier molecular flexibility index (Phi) is 5.16. The first kappa shape index (κ1) is 13.4. The van der Waals surface area contributed by atoms with Gasteiger partial charge in [-0.25, -0.2) is 0 Å². The van der Waals surface area contributed by atoms with Crippen molar-refractivity contribution >= 4 is 11.8 Å². The SMILES string of the molecule is CCSCC(O)c1c(C)cc(C)cc1OC. The summed E-state index contributed by atoms with van der Waals surface area (Å²) in [4.78, 5) is 0. The van der Waals surface area contributed by atoms with Crippen molar-refractivity contribution in [3.05, 3.63) is 28.8 Å². The Morgan fingerprint density at radius 3 is 2.62 bits per heavy atom. The zero-order chi connectivity index (χ0) is 12.1. The molecule has 0 aliphatic carbocycles. The molecule has 0 saturated heterocycles. The lowest BCUT2D eigenvalue weighted by Crippen LogP contribution is -2.06. The summed E-state index contributed by atoms with van der Waals surface area (Å²) in [6.07, 6.45) is -0.444. The Bertz CT molecular complexity index is 350. The van der Waals surface area contributed by atoms with Gasteiger partial charge in [-0.05, 0) is 36.8 Å². The van der Waals surface area contributed by atoms with E-state index in [0.29, 0.717) is 0 Å². The molecule has 1 aromatic carbocycles. The van der Waals surface area contributed by atoms with E-state index in [4.69, 9.17) is 4.74 Å². The second-order valence-corrected chi connectivity index (χ2v) is 5.19. The normalized spacial score (nSPS) is 12.6. The van der Waals surface area contributed by atoms with Gasteiger partial charge >= 0.3 is 0 Å². The standard InChI is InChI=1S/C13H20O2S/c1-5-16-8-11(14)13-10(3)6-9(2)7-12(13)15-4/h6-7,11,14H,5,8H2,1-4H3. The number of hydrogen-bond donors (Lipinski definition) is 1. The molecule has 90 valence electrons. The zero-order valence-electron chi connectivity index (χ0n) is 10.4. The third kappa shape index (κ3) is 3.16. The number of aliphatic hydroxyl groups is 1. The van der Waals surface area contributed by atoms with E-state index in [1.54, 1.807) is 18.9 Å². The topological polar surface area (TPSA) is 29.5 Å². The van der Waals surface area contributed by atoms with Gasteiger partial charge in [0.15, 0.2) is 0 Å². The minimum Gasteiger partial charge on any atom is -0.496 e. The maximum atomic E-state index is 10.1. The van der Waals surface area contributed by atoms with Crippen molar-refractivity contribution in [3.63, 3.8) is 0 Å². The zero-order valence-corrected chi connectivity index (χ0v) is 11.2. The minimum atomic E-state index is -0.444. The summed E-state index contributed by atoms with van der Waals surface area (Å²) in [6.45, 7) is 6.15. The van der Waals surface area contributed by atoms with Crippen LogP contribution in [0.15, 0.2) is 12.1 Å². The number of aliphatic hydroxyl groups excluding tert-OH is 1. The van der Waals surface area contributed by atoms with Crippen LogP contribution >= 0.6 is 11.8 Å². The average molecular weight is 240 g/mol.